The molecule has 2 aliphatic carbocycles. The van der Waals surface area contributed by atoms with E-state index in [0.29, 0.717) is 16.8 Å². The molecule has 2 saturated carbocycles. The molecule has 46 heavy (non-hydrogen) atoms. The summed E-state index contributed by atoms with van der Waals surface area (Å²) in [5, 5.41) is 0. The van der Waals surface area contributed by atoms with E-state index in [1.165, 1.54) is 46.9 Å². The number of Topliss-reactive ketones (excluding diaryl/α,β-unsaturated/α-hetero) is 1. The third-order valence-electron chi connectivity index (χ3n) is 9.61. The summed E-state index contributed by atoms with van der Waals surface area (Å²) in [6, 6.07) is 29.3. The zero-order valence-electron chi connectivity index (χ0n) is 25.1. The van der Waals surface area contributed by atoms with Crippen LogP contribution in [0.4, 0.5) is 5.69 Å². The molecule has 0 N–H and O–H groups in total. The van der Waals surface area contributed by atoms with E-state index in [4.69, 9.17) is 9.47 Å². The smallest absolute Gasteiger partial charge is 0.343 e. The van der Waals surface area contributed by atoms with Crippen LogP contribution in [0.3, 0.4) is 0 Å². The number of imide groups is 1. The Morgan fingerprint density at radius 1 is 0.696 bits per heavy atom. The molecule has 8 heteroatoms. The molecule has 0 unspecified atom stereocenters. The molecule has 3 aliphatic rings. The second-order valence-corrected chi connectivity index (χ2v) is 12.3. The summed E-state index contributed by atoms with van der Waals surface area (Å²) in [6.45, 7) is 1.44. The maximum atomic E-state index is 13.6. The number of carbonyl (C=O) groups excluding carboxylic acids is 5. The fourth-order valence-corrected chi connectivity index (χ4v) is 7.41. The van der Waals surface area contributed by atoms with Crippen molar-refractivity contribution in [1.29, 1.82) is 0 Å². The highest BCUT2D eigenvalue weighted by Gasteiger charge is 2.64. The predicted octanol–water partition coefficient (Wildman–Crippen LogP) is 6.18. The van der Waals surface area contributed by atoms with Crippen LogP contribution in [0.15, 0.2) is 103 Å². The van der Waals surface area contributed by atoms with Crippen molar-refractivity contribution in [3.8, 4) is 5.75 Å². The molecular formula is C38H31NO7. The van der Waals surface area contributed by atoms with E-state index in [2.05, 4.69) is 12.1 Å². The van der Waals surface area contributed by atoms with Crippen LogP contribution in [0.2, 0.25) is 0 Å². The molecule has 1 heterocycles. The van der Waals surface area contributed by atoms with E-state index in [-0.39, 0.29) is 52.7 Å². The summed E-state index contributed by atoms with van der Waals surface area (Å²) in [4.78, 5) is 66.1. The van der Waals surface area contributed by atoms with E-state index in [1.807, 2.05) is 37.3 Å². The van der Waals surface area contributed by atoms with Crippen LogP contribution < -0.4 is 9.64 Å². The molecule has 4 aromatic carbocycles. The van der Waals surface area contributed by atoms with Gasteiger partial charge in [-0.1, -0.05) is 48.0 Å². The van der Waals surface area contributed by atoms with Crippen molar-refractivity contribution in [1.82, 2.24) is 0 Å². The Kier molecular flexibility index (Phi) is 7.56. The van der Waals surface area contributed by atoms with Gasteiger partial charge in [-0.05, 0) is 104 Å². The Balaban J connectivity index is 0.946. The molecule has 230 valence electrons. The lowest BCUT2D eigenvalue weighted by Crippen LogP contribution is -2.33. The van der Waals surface area contributed by atoms with Gasteiger partial charge in [0.05, 0.1) is 28.7 Å². The summed E-state index contributed by atoms with van der Waals surface area (Å²) in [7, 11) is 0. The molecule has 0 radical (unpaired) electrons. The maximum absolute atomic E-state index is 13.6. The van der Waals surface area contributed by atoms with Gasteiger partial charge in [-0.25, -0.2) is 9.59 Å². The van der Waals surface area contributed by atoms with E-state index in [9.17, 15) is 24.0 Å². The fourth-order valence-electron chi connectivity index (χ4n) is 7.41. The number of ether oxygens (including phenoxy) is 2. The predicted molar refractivity (Wildman–Crippen MR) is 169 cm³/mol. The zero-order valence-corrected chi connectivity index (χ0v) is 25.1. The second-order valence-electron chi connectivity index (χ2n) is 12.3. The first-order valence-electron chi connectivity index (χ1n) is 15.4. The number of esters is 2. The summed E-state index contributed by atoms with van der Waals surface area (Å²) in [5.41, 5.74) is 3.58. The van der Waals surface area contributed by atoms with Gasteiger partial charge in [0.15, 0.2) is 12.4 Å². The summed E-state index contributed by atoms with van der Waals surface area (Å²) in [5.74, 6) is -1.68. The number of anilines is 1. The highest BCUT2D eigenvalue weighted by Crippen LogP contribution is 2.61. The van der Waals surface area contributed by atoms with Crippen molar-refractivity contribution >= 4 is 35.2 Å². The van der Waals surface area contributed by atoms with Gasteiger partial charge < -0.3 is 9.47 Å². The minimum Gasteiger partial charge on any atom is -0.454 e. The van der Waals surface area contributed by atoms with E-state index in [0.717, 1.165) is 18.4 Å². The second kappa shape index (κ2) is 11.9. The number of nitrogens with zero attached hydrogens (tertiary/aromatic N) is 1. The maximum Gasteiger partial charge on any atom is 0.343 e. The molecule has 0 aromatic heterocycles. The van der Waals surface area contributed by atoms with Gasteiger partial charge in [-0.2, -0.15) is 0 Å². The average molecular weight is 614 g/mol. The van der Waals surface area contributed by atoms with Gasteiger partial charge in [0.2, 0.25) is 11.8 Å². The normalized spacial score (nSPS) is 22.9. The van der Waals surface area contributed by atoms with Crippen molar-refractivity contribution < 1.29 is 33.4 Å². The van der Waals surface area contributed by atoms with Crippen LogP contribution in [-0.2, 0) is 14.3 Å². The quantitative estimate of drug-likeness (QED) is 0.101. The summed E-state index contributed by atoms with van der Waals surface area (Å²) in [6.07, 6.45) is 1.81. The monoisotopic (exact) mass is 613 g/mol. The molecule has 1 aliphatic heterocycles. The summed E-state index contributed by atoms with van der Waals surface area (Å²) >= 11 is 0. The Bertz CT molecular complexity index is 1830. The van der Waals surface area contributed by atoms with Crippen LogP contribution >= 0.6 is 0 Å². The third-order valence-corrected chi connectivity index (χ3v) is 9.61. The first-order chi connectivity index (χ1) is 22.3. The molecule has 2 amide bonds. The number of aryl methyl sites for hydroxylation is 1. The number of ketones is 1. The zero-order chi connectivity index (χ0) is 31.9. The van der Waals surface area contributed by atoms with E-state index < -0.39 is 24.3 Å². The standard InChI is InChI=1S/C38H31NO7/c1-22-7-9-26(10-8-22)38(44)46-29-17-13-24(14-18-29)32(40)21-45-37(43)25-11-15-28(16-12-25)39-35(41)33-27-19-30(23-5-3-2-4-6-23)31(20-27)34(33)36(39)42/h2-18,27,30-31,33-34H,19-21H2,1H3/t27-,30-,31+,33+,34-/m0/s1. The summed E-state index contributed by atoms with van der Waals surface area (Å²) < 4.78 is 10.6. The van der Waals surface area contributed by atoms with Crippen LogP contribution in [0.25, 0.3) is 0 Å². The van der Waals surface area contributed by atoms with Crippen LogP contribution in [0.5, 0.6) is 5.75 Å². The SMILES string of the molecule is Cc1ccc(C(=O)Oc2ccc(C(=O)COC(=O)c3ccc(N4C(=O)[C@@H]5[C@@H]6C[C@@H]([C@@H]5C4=O)[C@H](c4ccccc4)C6)cc3)cc2)cc1. The van der Waals surface area contributed by atoms with Gasteiger partial charge in [0.1, 0.15) is 5.75 Å². The number of hydrogen-bond donors (Lipinski definition) is 0. The molecular weight excluding hydrogens is 582 g/mol. The lowest BCUT2D eigenvalue weighted by atomic mass is 9.73. The van der Waals surface area contributed by atoms with Gasteiger partial charge >= 0.3 is 11.9 Å². The van der Waals surface area contributed by atoms with Crippen LogP contribution in [0, 0.1) is 30.6 Å². The highest BCUT2D eigenvalue weighted by molar-refractivity contribution is 6.22. The first kappa shape index (κ1) is 29.3. The lowest BCUT2D eigenvalue weighted by molar-refractivity contribution is -0.123. The van der Waals surface area contributed by atoms with Gasteiger partial charge in [-0.15, -0.1) is 0 Å². The Labute approximate surface area is 265 Å². The largest absolute Gasteiger partial charge is 0.454 e. The number of rotatable bonds is 8. The number of hydrogen-bond acceptors (Lipinski definition) is 7. The Morgan fingerprint density at radius 2 is 1.30 bits per heavy atom. The third kappa shape index (κ3) is 5.30. The van der Waals surface area contributed by atoms with E-state index in [1.54, 1.807) is 24.3 Å². The lowest BCUT2D eigenvalue weighted by Gasteiger charge is -2.28. The number of fused-ring (bicyclic) bond motifs is 5. The molecule has 3 fully saturated rings. The fraction of sp³-hybridized carbons (Fsp3) is 0.237. The molecule has 5 atom stereocenters. The van der Waals surface area contributed by atoms with Crippen LogP contribution in [0.1, 0.15) is 61.0 Å². The molecule has 1 saturated heterocycles. The number of amides is 2. The topological polar surface area (TPSA) is 107 Å². The number of benzene rings is 4. The van der Waals surface area contributed by atoms with Crippen LogP contribution in [-0.4, -0.2) is 36.1 Å². The molecule has 8 nitrogen and oxygen atoms in total. The van der Waals surface area contributed by atoms with Crippen molar-refractivity contribution in [2.24, 2.45) is 23.7 Å². The van der Waals surface area contributed by atoms with Gasteiger partial charge in [0.25, 0.3) is 0 Å². The average Bonchev–Trinajstić information content (AvgIpc) is 3.75. The minimum atomic E-state index is -0.705. The van der Waals surface area contributed by atoms with Gasteiger partial charge in [0, 0.05) is 5.56 Å². The first-order valence-corrected chi connectivity index (χ1v) is 15.4. The van der Waals surface area contributed by atoms with E-state index >= 15 is 0 Å². The molecule has 0 spiro atoms. The van der Waals surface area contributed by atoms with Crippen molar-refractivity contribution in [2.45, 2.75) is 25.7 Å². The number of carbonyl (C=O) groups is 5. The van der Waals surface area contributed by atoms with Gasteiger partial charge in [-0.3, -0.25) is 19.3 Å². The minimum absolute atomic E-state index is 0.149. The Morgan fingerprint density at radius 3 is 2.00 bits per heavy atom. The van der Waals surface area contributed by atoms with Crippen molar-refractivity contribution in [3.63, 3.8) is 0 Å². The highest BCUT2D eigenvalue weighted by atomic mass is 16.5. The Hall–Kier alpha value is -5.37. The van der Waals surface area contributed by atoms with Crippen molar-refractivity contribution in [2.75, 3.05) is 11.5 Å². The molecule has 2 bridgehead atoms. The van der Waals surface area contributed by atoms with Crippen molar-refractivity contribution in [3.05, 3.63) is 131 Å². The molecule has 4 aromatic rings. The molecule has 7 rings (SSSR count).